The first-order chi connectivity index (χ1) is 2.27. The van der Waals surface area contributed by atoms with Crippen LogP contribution in [0.4, 0.5) is 0 Å². The fraction of sp³-hybridized carbons (Fsp3) is 0. The summed E-state index contributed by atoms with van der Waals surface area (Å²) in [6.45, 7) is 3.09. The van der Waals surface area contributed by atoms with Crippen molar-refractivity contribution in [3.63, 3.8) is 0 Å². The lowest BCUT2D eigenvalue weighted by molar-refractivity contribution is -0.113. The molecule has 0 saturated heterocycles. The standard InChI is InChI=1S/C3H5NO.HI/c1-2-3(4)5;/h2H,1H2,(H2,4,5);1H. The Morgan fingerprint density at radius 3 is 2.00 bits per heavy atom. The van der Waals surface area contributed by atoms with Gasteiger partial charge in [0.15, 0.2) is 0 Å². The first-order valence-electron chi connectivity index (χ1n) is 1.19. The second-order valence-corrected chi connectivity index (χ2v) is 0.606. The van der Waals surface area contributed by atoms with Crippen molar-refractivity contribution in [3.8, 4) is 0 Å². The third-order valence-electron chi connectivity index (χ3n) is 0.201. The summed E-state index contributed by atoms with van der Waals surface area (Å²) >= 11 is 0. The molecule has 0 spiro atoms. The molecule has 0 aliphatic carbocycles. The van der Waals surface area contributed by atoms with Crippen LogP contribution < -0.4 is 5.73 Å². The highest BCUT2D eigenvalue weighted by atomic mass is 127. The highest BCUT2D eigenvalue weighted by Gasteiger charge is 1.69. The SMILES string of the molecule is C=CC(N)=O.I. The first kappa shape index (κ1) is 9.34. The van der Waals surface area contributed by atoms with Crippen LogP contribution in [0.5, 0.6) is 0 Å². The summed E-state index contributed by atoms with van der Waals surface area (Å²) in [6.07, 6.45) is 1.06. The molecule has 0 radical (unpaired) electrons. The van der Waals surface area contributed by atoms with E-state index in [0.717, 1.165) is 6.08 Å². The smallest absolute Gasteiger partial charge is 0.240 e. The number of carbonyl (C=O) groups is 1. The van der Waals surface area contributed by atoms with Crippen molar-refractivity contribution in [3.05, 3.63) is 12.7 Å². The Hall–Kier alpha value is -0.0600. The second kappa shape index (κ2) is 4.94. The Morgan fingerprint density at radius 1 is 1.83 bits per heavy atom. The van der Waals surface area contributed by atoms with Crippen LogP contribution >= 0.6 is 24.0 Å². The third-order valence-corrected chi connectivity index (χ3v) is 0.201. The van der Waals surface area contributed by atoms with Gasteiger partial charge in [0.25, 0.3) is 0 Å². The summed E-state index contributed by atoms with van der Waals surface area (Å²) in [5.74, 6) is -0.481. The number of hydrogen-bond donors (Lipinski definition) is 1. The topological polar surface area (TPSA) is 43.1 Å². The molecule has 1 amide bonds. The molecule has 0 aromatic heterocycles. The summed E-state index contributed by atoms with van der Waals surface area (Å²) < 4.78 is 0. The van der Waals surface area contributed by atoms with E-state index in [9.17, 15) is 4.79 Å². The minimum Gasteiger partial charge on any atom is -0.366 e. The van der Waals surface area contributed by atoms with Gasteiger partial charge in [-0.1, -0.05) is 6.58 Å². The maximum atomic E-state index is 9.47. The van der Waals surface area contributed by atoms with Crippen molar-refractivity contribution in [1.82, 2.24) is 0 Å². The van der Waals surface area contributed by atoms with Crippen molar-refractivity contribution in [2.45, 2.75) is 0 Å². The van der Waals surface area contributed by atoms with E-state index in [2.05, 4.69) is 12.3 Å². The Labute approximate surface area is 53.4 Å². The average Bonchev–Trinajstić information content (AvgIpc) is 1.38. The minimum absolute atomic E-state index is 0. The van der Waals surface area contributed by atoms with Crippen molar-refractivity contribution in [2.24, 2.45) is 5.73 Å². The van der Waals surface area contributed by atoms with Gasteiger partial charge in [0.2, 0.25) is 5.91 Å². The van der Waals surface area contributed by atoms with Crippen LogP contribution in [0.15, 0.2) is 12.7 Å². The quantitative estimate of drug-likeness (QED) is 0.478. The van der Waals surface area contributed by atoms with Crippen LogP contribution in [-0.4, -0.2) is 5.91 Å². The molecule has 0 rings (SSSR count). The molecule has 6 heavy (non-hydrogen) atoms. The highest BCUT2D eigenvalue weighted by molar-refractivity contribution is 14.0. The summed E-state index contributed by atoms with van der Waals surface area (Å²) in [4.78, 5) is 9.47. The molecule has 2 N–H and O–H groups in total. The van der Waals surface area contributed by atoms with E-state index in [4.69, 9.17) is 0 Å². The molecule has 36 valence electrons. The maximum Gasteiger partial charge on any atom is 0.240 e. The molecule has 3 heteroatoms. The number of hydrogen-bond acceptors (Lipinski definition) is 1. The van der Waals surface area contributed by atoms with E-state index in [-0.39, 0.29) is 24.0 Å². The minimum atomic E-state index is -0.481. The number of halogens is 1. The molecule has 2 nitrogen and oxygen atoms in total. The summed E-state index contributed by atoms with van der Waals surface area (Å²) in [5.41, 5.74) is 4.53. The molecule has 0 fully saturated rings. The predicted molar refractivity (Wildman–Crippen MR) is 34.8 cm³/mol. The Kier molecular flexibility index (Phi) is 7.69. The Balaban J connectivity index is 0. The molecule has 0 aromatic rings. The zero-order valence-electron chi connectivity index (χ0n) is 3.18. The van der Waals surface area contributed by atoms with E-state index in [1.54, 1.807) is 0 Å². The van der Waals surface area contributed by atoms with E-state index < -0.39 is 5.91 Å². The number of amides is 1. The van der Waals surface area contributed by atoms with Crippen molar-refractivity contribution in [1.29, 1.82) is 0 Å². The van der Waals surface area contributed by atoms with Gasteiger partial charge in [-0.15, -0.1) is 24.0 Å². The number of nitrogens with two attached hydrogens (primary N) is 1. The van der Waals surface area contributed by atoms with Gasteiger partial charge in [-0.05, 0) is 6.08 Å². The van der Waals surface area contributed by atoms with Gasteiger partial charge >= 0.3 is 0 Å². The third kappa shape index (κ3) is 9.05. The lowest BCUT2D eigenvalue weighted by Crippen LogP contribution is -2.04. The summed E-state index contributed by atoms with van der Waals surface area (Å²) in [7, 11) is 0. The van der Waals surface area contributed by atoms with Crippen LogP contribution in [0.25, 0.3) is 0 Å². The maximum absolute atomic E-state index is 9.47. The van der Waals surface area contributed by atoms with Crippen LogP contribution in [0.3, 0.4) is 0 Å². The predicted octanol–water partition coefficient (Wildman–Crippen LogP) is 0.276. The first-order valence-corrected chi connectivity index (χ1v) is 1.19. The molecule has 0 saturated carbocycles. The molecule has 0 aromatic carbocycles. The molecule has 0 bridgehead atoms. The van der Waals surface area contributed by atoms with Crippen LogP contribution in [0.2, 0.25) is 0 Å². The second-order valence-electron chi connectivity index (χ2n) is 0.606. The van der Waals surface area contributed by atoms with E-state index in [0.29, 0.717) is 0 Å². The largest absolute Gasteiger partial charge is 0.366 e. The van der Waals surface area contributed by atoms with Crippen molar-refractivity contribution < 1.29 is 4.79 Å². The lowest BCUT2D eigenvalue weighted by Gasteiger charge is -1.65. The van der Waals surface area contributed by atoms with E-state index >= 15 is 0 Å². The fourth-order valence-corrected chi connectivity index (χ4v) is 0. The summed E-state index contributed by atoms with van der Waals surface area (Å²) in [6, 6.07) is 0. The Bertz CT molecular complexity index is 61.8. The molecule has 0 unspecified atom stereocenters. The van der Waals surface area contributed by atoms with Gasteiger partial charge in [-0.2, -0.15) is 0 Å². The average molecular weight is 199 g/mol. The summed E-state index contributed by atoms with van der Waals surface area (Å²) in [5, 5.41) is 0. The van der Waals surface area contributed by atoms with E-state index in [1.807, 2.05) is 0 Å². The van der Waals surface area contributed by atoms with Gasteiger partial charge in [0.05, 0.1) is 0 Å². The van der Waals surface area contributed by atoms with Gasteiger partial charge in [-0.3, -0.25) is 4.79 Å². The molecule has 0 aliphatic heterocycles. The number of carbonyl (C=O) groups excluding carboxylic acids is 1. The number of rotatable bonds is 1. The lowest BCUT2D eigenvalue weighted by atomic mass is 10.6. The van der Waals surface area contributed by atoms with Crippen LogP contribution in [0.1, 0.15) is 0 Å². The molecular weight excluding hydrogens is 193 g/mol. The molecule has 0 heterocycles. The van der Waals surface area contributed by atoms with Gasteiger partial charge < -0.3 is 5.73 Å². The molecular formula is C3H6INO. The van der Waals surface area contributed by atoms with Gasteiger partial charge in [0.1, 0.15) is 0 Å². The van der Waals surface area contributed by atoms with Gasteiger partial charge in [0, 0.05) is 0 Å². The van der Waals surface area contributed by atoms with Crippen molar-refractivity contribution >= 4 is 29.9 Å². The highest BCUT2D eigenvalue weighted by Crippen LogP contribution is 1.48. The van der Waals surface area contributed by atoms with Crippen LogP contribution in [-0.2, 0) is 4.79 Å². The number of primary amides is 1. The van der Waals surface area contributed by atoms with Crippen molar-refractivity contribution in [2.75, 3.05) is 0 Å². The zero-order chi connectivity index (χ0) is 4.28. The Morgan fingerprint density at radius 2 is 2.00 bits per heavy atom. The van der Waals surface area contributed by atoms with Crippen LogP contribution in [0, 0.1) is 0 Å². The van der Waals surface area contributed by atoms with Gasteiger partial charge in [-0.25, -0.2) is 0 Å². The molecule has 0 atom stereocenters. The van der Waals surface area contributed by atoms with E-state index in [1.165, 1.54) is 0 Å². The normalized spacial score (nSPS) is 5.33. The fourth-order valence-electron chi connectivity index (χ4n) is 0. The molecule has 0 aliphatic rings. The zero-order valence-corrected chi connectivity index (χ0v) is 5.51. The monoisotopic (exact) mass is 199 g/mol.